The van der Waals surface area contributed by atoms with E-state index in [1.165, 1.54) is 35.0 Å². The van der Waals surface area contributed by atoms with Gasteiger partial charge in [0, 0.05) is 105 Å². The minimum atomic E-state index is -4.57. The molecule has 360 valence electrons. The third kappa shape index (κ3) is 11.2. The Balaban J connectivity index is 0.885. The Morgan fingerprint density at radius 1 is 0.985 bits per heavy atom. The summed E-state index contributed by atoms with van der Waals surface area (Å²) in [4.78, 5) is 40.2. The van der Waals surface area contributed by atoms with Gasteiger partial charge in [-0.05, 0) is 123 Å². The molecule has 68 heavy (non-hydrogen) atoms. The number of amides is 1. The van der Waals surface area contributed by atoms with E-state index in [9.17, 15) is 23.3 Å². The van der Waals surface area contributed by atoms with Crippen LogP contribution in [0.2, 0.25) is 5.02 Å². The summed E-state index contributed by atoms with van der Waals surface area (Å²) in [5.41, 5.74) is 5.65. The highest BCUT2D eigenvalue weighted by Crippen LogP contribution is 2.44. The van der Waals surface area contributed by atoms with Crippen molar-refractivity contribution < 1.29 is 22.9 Å². The Morgan fingerprint density at radius 3 is 2.51 bits per heavy atom. The molecular formula is C51H62ClN9O6S. The molecule has 0 bridgehead atoms. The van der Waals surface area contributed by atoms with Gasteiger partial charge < -0.3 is 25.3 Å². The smallest absolute Gasteiger partial charge is 0.293 e. The maximum atomic E-state index is 14.1. The van der Waals surface area contributed by atoms with Crippen molar-refractivity contribution in [3.05, 3.63) is 117 Å². The Kier molecular flexibility index (Phi) is 14.1. The number of hydrogen-bond donors (Lipinski definition) is 4. The van der Waals surface area contributed by atoms with E-state index < -0.39 is 25.7 Å². The number of hydrogen-bond acceptors (Lipinski definition) is 12. The molecule has 1 atom stereocenters. The highest BCUT2D eigenvalue weighted by atomic mass is 35.5. The molecule has 0 spiro atoms. The number of fused-ring (bicyclic) bond motifs is 1. The molecule has 0 radical (unpaired) electrons. The summed E-state index contributed by atoms with van der Waals surface area (Å²) < 4.78 is 36.2. The topological polar surface area (TPSA) is 178 Å². The second kappa shape index (κ2) is 20.2. The van der Waals surface area contributed by atoms with Gasteiger partial charge in [0.25, 0.3) is 21.6 Å². The number of rotatable bonds is 14. The lowest BCUT2D eigenvalue weighted by Crippen LogP contribution is -2.53. The quantitative estimate of drug-likeness (QED) is 0.0614. The molecule has 3 fully saturated rings. The van der Waals surface area contributed by atoms with Crippen LogP contribution in [-0.2, 0) is 10.0 Å². The summed E-state index contributed by atoms with van der Waals surface area (Å²) in [5, 5.41) is 20.6. The third-order valence-corrected chi connectivity index (χ3v) is 15.9. The van der Waals surface area contributed by atoms with Crippen LogP contribution in [0, 0.1) is 21.4 Å². The molecule has 5 aromatic rings. The molecule has 15 nitrogen and oxygen atoms in total. The number of carbonyl (C=O) groups excluding carboxylic acids is 1. The number of nitro groups is 1. The fourth-order valence-electron chi connectivity index (χ4n) is 10.5. The van der Waals surface area contributed by atoms with Crippen LogP contribution in [0.15, 0.2) is 95.7 Å². The number of allylic oxidation sites excluding steroid dienone is 1. The van der Waals surface area contributed by atoms with E-state index in [4.69, 9.17) is 16.3 Å². The Hall–Kier alpha value is -5.52. The SMILES string of the molecule is CC1CN(C2CCC(CNc3ccc(S(=O)(=O)NC(=O)c4ccc(N5CCN(CC6=C(c7ccc(Cl)cc7)CC(C)(C)CC6)CC5)cc4Oc4cnc5[nH]ccc5c4)cc3[N+](=O)[O-])CC2)CCN1. The number of piperazine rings is 2. The largest absolute Gasteiger partial charge is 0.455 e. The van der Waals surface area contributed by atoms with Gasteiger partial charge in [-0.1, -0.05) is 43.2 Å². The molecule has 1 amide bonds. The van der Waals surface area contributed by atoms with Gasteiger partial charge in [0.2, 0.25) is 0 Å². The zero-order valence-corrected chi connectivity index (χ0v) is 40.7. The molecule has 4 N–H and O–H groups in total. The van der Waals surface area contributed by atoms with Gasteiger partial charge in [0.05, 0.1) is 21.6 Å². The van der Waals surface area contributed by atoms with E-state index in [0.717, 1.165) is 119 Å². The van der Waals surface area contributed by atoms with E-state index in [-0.39, 0.29) is 28.1 Å². The van der Waals surface area contributed by atoms with E-state index in [1.54, 1.807) is 30.5 Å². The molecule has 4 heterocycles. The summed E-state index contributed by atoms with van der Waals surface area (Å²) >= 11 is 6.26. The predicted octanol–water partition coefficient (Wildman–Crippen LogP) is 9.09. The number of nitro benzene ring substituents is 1. The molecule has 2 aliphatic heterocycles. The van der Waals surface area contributed by atoms with Crippen molar-refractivity contribution in [2.24, 2.45) is 11.3 Å². The summed E-state index contributed by atoms with van der Waals surface area (Å²) in [6.07, 6.45) is 10.7. The van der Waals surface area contributed by atoms with Crippen molar-refractivity contribution in [1.29, 1.82) is 0 Å². The molecule has 3 aromatic carbocycles. The minimum absolute atomic E-state index is 0.0269. The highest BCUT2D eigenvalue weighted by Gasteiger charge is 2.32. The number of halogens is 1. The fraction of sp³-hybridized carbons (Fsp3) is 0.451. The number of nitrogens with zero attached hydrogens (tertiary/aromatic N) is 5. The van der Waals surface area contributed by atoms with E-state index in [0.29, 0.717) is 35.9 Å². The number of aromatic amines is 1. The van der Waals surface area contributed by atoms with Gasteiger partial charge in [0.1, 0.15) is 22.8 Å². The summed E-state index contributed by atoms with van der Waals surface area (Å²) in [6.45, 7) is 14.5. The normalized spacial score (nSPS) is 21.7. The van der Waals surface area contributed by atoms with Gasteiger partial charge in [-0.25, -0.2) is 18.1 Å². The Bertz CT molecular complexity index is 2780. The maximum absolute atomic E-state index is 14.1. The Morgan fingerprint density at radius 2 is 1.76 bits per heavy atom. The Labute approximate surface area is 403 Å². The van der Waals surface area contributed by atoms with Gasteiger partial charge in [-0.2, -0.15) is 0 Å². The first kappa shape index (κ1) is 47.5. The molecule has 2 saturated heterocycles. The summed E-state index contributed by atoms with van der Waals surface area (Å²) in [7, 11) is -4.57. The average Bonchev–Trinajstić information content (AvgIpc) is 3.80. The van der Waals surface area contributed by atoms with Crippen LogP contribution in [0.1, 0.15) is 81.6 Å². The number of sulfonamides is 1. The van der Waals surface area contributed by atoms with Crippen LogP contribution in [0.4, 0.5) is 17.1 Å². The first-order valence-corrected chi connectivity index (χ1v) is 25.8. The lowest BCUT2D eigenvalue weighted by atomic mass is 9.72. The molecular weight excluding hydrogens is 902 g/mol. The monoisotopic (exact) mass is 963 g/mol. The number of nitrogens with one attached hydrogen (secondary N) is 4. The molecule has 2 aromatic heterocycles. The van der Waals surface area contributed by atoms with Crippen molar-refractivity contribution in [2.75, 3.05) is 69.1 Å². The zero-order valence-electron chi connectivity index (χ0n) is 39.1. The molecule has 2 aliphatic carbocycles. The first-order valence-electron chi connectivity index (χ1n) is 23.9. The van der Waals surface area contributed by atoms with Crippen LogP contribution in [0.25, 0.3) is 16.6 Å². The number of aromatic nitrogens is 2. The molecule has 1 saturated carbocycles. The number of ether oxygens (including phenoxy) is 1. The van der Waals surface area contributed by atoms with Crippen molar-refractivity contribution >= 4 is 61.2 Å². The molecule has 4 aliphatic rings. The molecule has 9 rings (SSSR count). The van der Waals surface area contributed by atoms with E-state index >= 15 is 0 Å². The third-order valence-electron chi connectivity index (χ3n) is 14.4. The second-order valence-electron chi connectivity index (χ2n) is 19.8. The van der Waals surface area contributed by atoms with Gasteiger partial charge in [0.15, 0.2) is 0 Å². The average molecular weight is 965 g/mol. The predicted molar refractivity (Wildman–Crippen MR) is 268 cm³/mol. The first-order chi connectivity index (χ1) is 32.7. The van der Waals surface area contributed by atoms with Crippen molar-refractivity contribution in [3.8, 4) is 11.5 Å². The number of carbonyl (C=O) groups is 1. The lowest BCUT2D eigenvalue weighted by Gasteiger charge is -2.41. The standard InChI is InChI=1S/C51H62ClN9O6S/c1-34-32-60(21-20-53-34)40-10-4-35(5-11-40)30-55-46-15-13-43(28-47(46)61(63)64)68(65,66)57-50(62)44-14-12-41(27-48(44)67-42-26-37-17-19-54-49(37)56-31-42)59-24-22-58(23-25-59)33-38-16-18-51(2,3)29-45(38)36-6-8-39(52)9-7-36/h6-9,12-15,17,19,26-28,31,34-35,40,53,55H,4-5,10-11,16,18,20-25,29-30,32-33H2,1-3H3,(H,54,56)(H,57,62). The molecule has 1 unspecified atom stereocenters. The molecule has 17 heteroatoms. The number of H-pyrrole nitrogens is 1. The zero-order chi connectivity index (χ0) is 47.6. The number of anilines is 2. The summed E-state index contributed by atoms with van der Waals surface area (Å²) in [6, 6.07) is 21.7. The van der Waals surface area contributed by atoms with Crippen LogP contribution in [0.3, 0.4) is 0 Å². The van der Waals surface area contributed by atoms with E-state index in [1.807, 2.05) is 18.2 Å². The minimum Gasteiger partial charge on any atom is -0.455 e. The van der Waals surface area contributed by atoms with Crippen molar-refractivity contribution in [3.63, 3.8) is 0 Å². The van der Waals surface area contributed by atoms with Crippen LogP contribution in [0.5, 0.6) is 11.5 Å². The van der Waals surface area contributed by atoms with Gasteiger partial charge in [-0.15, -0.1) is 0 Å². The van der Waals surface area contributed by atoms with Crippen LogP contribution < -0.4 is 25.0 Å². The number of benzene rings is 3. The van der Waals surface area contributed by atoms with Crippen molar-refractivity contribution in [1.82, 2.24) is 29.8 Å². The van der Waals surface area contributed by atoms with Crippen LogP contribution >= 0.6 is 11.6 Å². The van der Waals surface area contributed by atoms with Gasteiger partial charge >= 0.3 is 0 Å². The van der Waals surface area contributed by atoms with E-state index in [2.05, 4.69) is 72.9 Å². The van der Waals surface area contributed by atoms with Crippen LogP contribution in [-0.4, -0.2) is 110 Å². The van der Waals surface area contributed by atoms with Gasteiger partial charge in [-0.3, -0.25) is 24.7 Å². The second-order valence-corrected chi connectivity index (χ2v) is 22.0. The fourth-order valence-corrected chi connectivity index (χ4v) is 11.6. The highest BCUT2D eigenvalue weighted by molar-refractivity contribution is 7.90. The summed E-state index contributed by atoms with van der Waals surface area (Å²) in [5.74, 6) is -0.103. The maximum Gasteiger partial charge on any atom is 0.293 e. The van der Waals surface area contributed by atoms with Crippen molar-refractivity contribution in [2.45, 2.75) is 82.7 Å². The lowest BCUT2D eigenvalue weighted by molar-refractivity contribution is -0.384. The number of pyridine rings is 1.